The molecule has 0 saturated carbocycles. The number of carbonyl (C=O) groups is 6. The van der Waals surface area contributed by atoms with E-state index >= 15 is 0 Å². The van der Waals surface area contributed by atoms with E-state index in [0.29, 0.717) is 151 Å². The Morgan fingerprint density at radius 3 is 1.23 bits per heavy atom. The Morgan fingerprint density at radius 2 is 0.839 bits per heavy atom. The molecule has 3 saturated heterocycles. The smallest absolute Gasteiger partial charge is 0.272 e. The highest BCUT2D eigenvalue weighted by Gasteiger charge is 2.23. The van der Waals surface area contributed by atoms with Crippen molar-refractivity contribution in [3.05, 3.63) is 309 Å². The van der Waals surface area contributed by atoms with Gasteiger partial charge in [0.15, 0.2) is 0 Å². The number of H-pyrrole nitrogens is 1. The topological polar surface area (TPSA) is 347 Å². The number of likely N-dealkylation sites (tertiary alicyclic amines) is 1. The number of imidazole rings is 1. The third kappa shape index (κ3) is 25.7. The standard InChI is InChI=1S/C24H24ClN5O2.C23H23Cl2N5O2.C22H19ClN6O.C22H19ClN4O3/c25-20-9-8-18(15-19(20)21-5-1-2-11-26-21)29-24(32)17-7-10-22(28-16-17)27-12-4-14-30-13-3-6-23(30)31;24-19-5-4-17(14-18(19)21-3-1-2-6-26-21)29-23(31)16-13-20(25)22(28-15-16)27-7-8-30-9-11-32-12-10-30;23-19-6-5-16(11-18(19)20-3-1-2-9-25-20)29-22(30)15-4-7-21(27-12-15)26-10-8-17-13-24-14-28-17;23-18-6-5-16(13-17(18)19-3-1-2-8-24-19)26-21(28)15-4-7-20(25-14-15)22(29)27-9-11-30-12-10-27/h1-2,5,7-11,15-16H,3-4,6,12-14H2,(H,27,28)(H,29,32);1-6,13-15H,7-12H2,(H,27,28)(H,29,31);1-7,9,11-14H,8,10H2,(H,24,28)(H,26,27)(H,29,30);1-8,13-14H,9-12H2,(H,26,28). The van der Waals surface area contributed by atoms with Crippen molar-refractivity contribution in [1.29, 1.82) is 0 Å². The fraction of sp³-hybridized carbons (Fsp3) is 0.198. The molecule has 28 nitrogen and oxygen atoms in total. The van der Waals surface area contributed by atoms with Crippen LogP contribution in [0.2, 0.25) is 25.1 Å². The minimum Gasteiger partial charge on any atom is -0.379 e. The number of nitrogens with one attached hydrogen (secondary N) is 8. The van der Waals surface area contributed by atoms with Gasteiger partial charge in [-0.3, -0.25) is 58.6 Å². The highest BCUT2D eigenvalue weighted by molar-refractivity contribution is 6.35. The second kappa shape index (κ2) is 45.1. The van der Waals surface area contributed by atoms with E-state index in [1.807, 2.05) is 77.7 Å². The maximum atomic E-state index is 12.7. The summed E-state index contributed by atoms with van der Waals surface area (Å²) < 4.78 is 10.6. The van der Waals surface area contributed by atoms with Gasteiger partial charge in [0.25, 0.3) is 29.5 Å². The summed E-state index contributed by atoms with van der Waals surface area (Å²) >= 11 is 31.6. The lowest BCUT2D eigenvalue weighted by molar-refractivity contribution is -0.127. The molecule has 0 spiro atoms. The first-order valence-corrected chi connectivity index (χ1v) is 41.7. The van der Waals surface area contributed by atoms with Gasteiger partial charge in [0.1, 0.15) is 23.1 Å². The van der Waals surface area contributed by atoms with Gasteiger partial charge in [-0.1, -0.05) is 82.3 Å². The zero-order valence-electron chi connectivity index (χ0n) is 66.9. The van der Waals surface area contributed by atoms with Crippen LogP contribution in [0.25, 0.3) is 45.0 Å². The summed E-state index contributed by atoms with van der Waals surface area (Å²) in [5, 5.41) is 23.8. The lowest BCUT2D eigenvalue weighted by atomic mass is 10.1. The lowest BCUT2D eigenvalue weighted by Crippen LogP contribution is -2.41. The van der Waals surface area contributed by atoms with Crippen molar-refractivity contribution in [3.8, 4) is 45.0 Å². The van der Waals surface area contributed by atoms with Crippen LogP contribution >= 0.6 is 58.0 Å². The van der Waals surface area contributed by atoms with E-state index in [2.05, 4.69) is 92.0 Å². The van der Waals surface area contributed by atoms with Gasteiger partial charge in [0.2, 0.25) is 5.91 Å². The van der Waals surface area contributed by atoms with Crippen LogP contribution in [-0.4, -0.2) is 192 Å². The summed E-state index contributed by atoms with van der Waals surface area (Å²) in [6, 6.07) is 55.1. The number of morpholine rings is 2. The summed E-state index contributed by atoms with van der Waals surface area (Å²) in [6.07, 6.45) is 19.5. The molecule has 0 aliphatic carbocycles. The SMILES string of the molecule is O=C(Nc1ccc(Cl)c(-c2ccccn2)c1)c1ccc(C(=O)N2CCOCC2)nc1.O=C(Nc1ccc(Cl)c(-c2ccccn2)c1)c1ccc(NCCCN2CCCC2=O)nc1.O=C(Nc1ccc(Cl)c(-c2ccccn2)c1)c1ccc(NCCc2cnc[nH]2)nc1.O=C(Nc1ccc(Cl)c(-c2ccccn2)c1)c1cnc(NCCN2CCOCC2)c(Cl)c1. The summed E-state index contributed by atoms with van der Waals surface area (Å²) in [5.41, 5.74) is 11.3. The van der Waals surface area contributed by atoms with E-state index in [1.165, 1.54) is 18.6 Å². The Balaban J connectivity index is 0.000000142. The molecule has 16 rings (SSSR count). The largest absolute Gasteiger partial charge is 0.379 e. The van der Waals surface area contributed by atoms with Crippen LogP contribution in [0.15, 0.2) is 250 Å². The molecule has 0 bridgehead atoms. The van der Waals surface area contributed by atoms with Gasteiger partial charge in [-0.15, -0.1) is 0 Å². The molecule has 8 N–H and O–H groups in total. The Hall–Kier alpha value is -13.2. The van der Waals surface area contributed by atoms with Crippen molar-refractivity contribution in [3.63, 3.8) is 0 Å². The molecule has 12 heterocycles. The predicted octanol–water partition coefficient (Wildman–Crippen LogP) is 16.9. The highest BCUT2D eigenvalue weighted by atomic mass is 35.5. The number of rotatable bonds is 26. The normalized spacial score (nSPS) is 13.0. The fourth-order valence-electron chi connectivity index (χ4n) is 13.0. The van der Waals surface area contributed by atoms with Crippen LogP contribution in [0.5, 0.6) is 0 Å². The summed E-state index contributed by atoms with van der Waals surface area (Å²) in [5.74, 6) is 0.880. The highest BCUT2D eigenvalue weighted by Crippen LogP contribution is 2.34. The minimum absolute atomic E-state index is 0.164. The number of carbonyl (C=O) groups excluding carboxylic acids is 6. The van der Waals surface area contributed by atoms with Gasteiger partial charge in [0, 0.05) is 185 Å². The molecule has 33 heteroatoms. The number of halogens is 5. The first-order valence-electron chi connectivity index (χ1n) is 39.8. The number of hydrogen-bond donors (Lipinski definition) is 8. The van der Waals surface area contributed by atoms with Crippen LogP contribution in [-0.2, 0) is 20.7 Å². The van der Waals surface area contributed by atoms with Crippen molar-refractivity contribution in [2.45, 2.75) is 25.7 Å². The number of benzene rings is 4. The molecule has 3 aliphatic rings. The van der Waals surface area contributed by atoms with Gasteiger partial charge >= 0.3 is 0 Å². The average Bonchev–Trinajstić information content (AvgIpc) is 1.94. The van der Waals surface area contributed by atoms with Crippen molar-refractivity contribution in [2.75, 3.05) is 129 Å². The Bertz CT molecular complexity index is 5740. The van der Waals surface area contributed by atoms with Crippen LogP contribution in [0.1, 0.15) is 76.9 Å². The molecule has 4 aromatic carbocycles. The van der Waals surface area contributed by atoms with Gasteiger partial charge in [0.05, 0.1) is 103 Å². The van der Waals surface area contributed by atoms with Crippen molar-refractivity contribution in [1.82, 2.24) is 64.5 Å². The number of aromatic nitrogens is 10. The molecule has 6 amide bonds. The average molecular weight is 1760 g/mol. The van der Waals surface area contributed by atoms with Crippen LogP contribution in [0, 0.1) is 0 Å². The minimum atomic E-state index is -0.331. The maximum absolute atomic E-state index is 12.7. The quantitative estimate of drug-likeness (QED) is 0.0233. The first kappa shape index (κ1) is 88.6. The summed E-state index contributed by atoms with van der Waals surface area (Å²) in [6.45, 7) is 10.1. The van der Waals surface area contributed by atoms with E-state index in [1.54, 1.807) is 164 Å². The molecule has 3 aliphatic heterocycles. The Labute approximate surface area is 740 Å². The van der Waals surface area contributed by atoms with Gasteiger partial charge in [-0.2, -0.15) is 0 Å². The number of ether oxygens (including phenoxy) is 2. The van der Waals surface area contributed by atoms with Crippen LogP contribution in [0.3, 0.4) is 0 Å². The maximum Gasteiger partial charge on any atom is 0.272 e. The van der Waals surface area contributed by atoms with E-state index < -0.39 is 0 Å². The van der Waals surface area contributed by atoms with Gasteiger partial charge in [-0.25, -0.2) is 19.9 Å². The molecular weight excluding hydrogens is 1680 g/mol. The molecule has 0 atom stereocenters. The first-order chi connectivity index (χ1) is 60.5. The molecule has 13 aromatic rings. The molecular formula is C91H85Cl5N20O8. The molecule has 0 unspecified atom stereocenters. The van der Waals surface area contributed by atoms with Crippen molar-refractivity contribution in [2.24, 2.45) is 0 Å². The molecule has 124 heavy (non-hydrogen) atoms. The van der Waals surface area contributed by atoms with Crippen molar-refractivity contribution >= 4 is 134 Å². The number of hydrogen-bond acceptors (Lipinski definition) is 21. The molecule has 632 valence electrons. The van der Waals surface area contributed by atoms with Gasteiger partial charge < -0.3 is 61.5 Å². The molecule has 9 aromatic heterocycles. The van der Waals surface area contributed by atoms with Crippen LogP contribution in [0.4, 0.5) is 40.2 Å². The van der Waals surface area contributed by atoms with Crippen molar-refractivity contribution < 1.29 is 38.2 Å². The lowest BCUT2D eigenvalue weighted by Gasteiger charge is -2.26. The zero-order valence-corrected chi connectivity index (χ0v) is 70.7. The fourth-order valence-corrected chi connectivity index (χ4v) is 14.1. The molecule has 0 radical (unpaired) electrons. The second-order valence-electron chi connectivity index (χ2n) is 28.1. The summed E-state index contributed by atoms with van der Waals surface area (Å²) in [4.78, 5) is 122. The van der Waals surface area contributed by atoms with Crippen LogP contribution < -0.4 is 37.2 Å². The number of aromatic amines is 1. The number of nitrogens with zero attached hydrogens (tertiary/aromatic N) is 12. The Morgan fingerprint density at radius 1 is 0.403 bits per heavy atom. The Kier molecular flexibility index (Phi) is 32.2. The third-order valence-corrected chi connectivity index (χ3v) is 21.1. The predicted molar refractivity (Wildman–Crippen MR) is 485 cm³/mol. The second-order valence-corrected chi connectivity index (χ2v) is 30.1. The van der Waals surface area contributed by atoms with Gasteiger partial charge in [-0.05, 0) is 177 Å². The summed E-state index contributed by atoms with van der Waals surface area (Å²) in [7, 11) is 0. The molecule has 3 fully saturated rings. The van der Waals surface area contributed by atoms with E-state index in [-0.39, 0.29) is 35.4 Å². The van der Waals surface area contributed by atoms with E-state index in [4.69, 9.17) is 67.5 Å². The van der Waals surface area contributed by atoms with E-state index in [0.717, 1.165) is 110 Å². The number of amides is 6. The number of pyridine rings is 8. The third-order valence-electron chi connectivity index (χ3n) is 19.5. The zero-order chi connectivity index (χ0) is 86.4. The van der Waals surface area contributed by atoms with E-state index in [9.17, 15) is 28.8 Å². The monoisotopic (exact) mass is 1760 g/mol. The number of anilines is 7.